The van der Waals surface area contributed by atoms with E-state index in [1.165, 1.54) is 6.26 Å². The van der Waals surface area contributed by atoms with Crippen LogP contribution in [0.1, 0.15) is 36.1 Å². The van der Waals surface area contributed by atoms with Gasteiger partial charge in [-0.3, -0.25) is 4.79 Å². The van der Waals surface area contributed by atoms with E-state index < -0.39 is 0 Å². The van der Waals surface area contributed by atoms with Crippen LogP contribution in [0.2, 0.25) is 0 Å². The predicted octanol–water partition coefficient (Wildman–Crippen LogP) is 2.90. The zero-order valence-electron chi connectivity index (χ0n) is 15.1. The molecule has 0 unspecified atom stereocenters. The second kappa shape index (κ2) is 8.71. The van der Waals surface area contributed by atoms with Crippen LogP contribution in [0.5, 0.6) is 11.5 Å². The predicted molar refractivity (Wildman–Crippen MR) is 94.4 cm³/mol. The van der Waals surface area contributed by atoms with Crippen molar-refractivity contribution in [1.82, 2.24) is 9.88 Å². The number of methoxy groups -OCH3 is 1. The molecule has 1 amide bonds. The van der Waals surface area contributed by atoms with Crippen molar-refractivity contribution < 1.29 is 23.4 Å². The molecule has 0 radical (unpaired) electrons. The van der Waals surface area contributed by atoms with E-state index >= 15 is 0 Å². The average molecular weight is 360 g/mol. The lowest BCUT2D eigenvalue weighted by atomic mass is 10.1. The molecule has 1 aliphatic heterocycles. The second-order valence-corrected chi connectivity index (χ2v) is 6.03. The van der Waals surface area contributed by atoms with Crippen molar-refractivity contribution in [3.05, 3.63) is 42.1 Å². The zero-order valence-corrected chi connectivity index (χ0v) is 15.1. The van der Waals surface area contributed by atoms with Crippen LogP contribution in [0, 0.1) is 0 Å². The first-order chi connectivity index (χ1) is 12.7. The van der Waals surface area contributed by atoms with Gasteiger partial charge >= 0.3 is 0 Å². The van der Waals surface area contributed by atoms with Gasteiger partial charge in [0.15, 0.2) is 12.3 Å². The number of benzene rings is 1. The van der Waals surface area contributed by atoms with Crippen LogP contribution < -0.4 is 9.47 Å². The van der Waals surface area contributed by atoms with Gasteiger partial charge in [0.25, 0.3) is 5.91 Å². The Bertz CT molecular complexity index is 724. The maximum atomic E-state index is 12.8. The summed E-state index contributed by atoms with van der Waals surface area (Å²) in [4.78, 5) is 18.9. The molecular formula is C19H24N2O5. The van der Waals surface area contributed by atoms with Gasteiger partial charge in [0.2, 0.25) is 5.89 Å². The van der Waals surface area contributed by atoms with Crippen LogP contribution in [0.25, 0.3) is 0 Å². The molecule has 7 nitrogen and oxygen atoms in total. The van der Waals surface area contributed by atoms with Crippen LogP contribution >= 0.6 is 0 Å². The number of ether oxygens (including phenoxy) is 3. The molecule has 1 saturated heterocycles. The SMILES string of the molecule is CCN(C(=O)c1coc(COc2cccc(OC)c2)n1)C1CCOCC1. The van der Waals surface area contributed by atoms with E-state index in [4.69, 9.17) is 18.6 Å². The minimum absolute atomic E-state index is 0.115. The van der Waals surface area contributed by atoms with E-state index in [2.05, 4.69) is 4.98 Å². The van der Waals surface area contributed by atoms with E-state index in [9.17, 15) is 4.79 Å². The number of rotatable bonds is 7. The Hall–Kier alpha value is -2.54. The highest BCUT2D eigenvalue weighted by atomic mass is 16.5. The minimum Gasteiger partial charge on any atom is -0.497 e. The van der Waals surface area contributed by atoms with Gasteiger partial charge in [0, 0.05) is 31.9 Å². The molecule has 0 atom stereocenters. The molecule has 0 spiro atoms. The summed E-state index contributed by atoms with van der Waals surface area (Å²) >= 11 is 0. The number of amides is 1. The third-order valence-corrected chi connectivity index (χ3v) is 4.41. The van der Waals surface area contributed by atoms with Gasteiger partial charge in [0.1, 0.15) is 17.8 Å². The normalized spacial score (nSPS) is 14.8. The Kier molecular flexibility index (Phi) is 6.12. The fourth-order valence-corrected chi connectivity index (χ4v) is 3.02. The van der Waals surface area contributed by atoms with Crippen LogP contribution in [0.15, 0.2) is 34.9 Å². The fraction of sp³-hybridized carbons (Fsp3) is 0.474. The Balaban J connectivity index is 1.61. The molecule has 140 valence electrons. The summed E-state index contributed by atoms with van der Waals surface area (Å²) in [6.45, 7) is 4.12. The molecule has 1 aromatic carbocycles. The van der Waals surface area contributed by atoms with Gasteiger partial charge in [-0.15, -0.1) is 0 Å². The smallest absolute Gasteiger partial charge is 0.276 e. The van der Waals surface area contributed by atoms with E-state index in [0.717, 1.165) is 12.8 Å². The highest BCUT2D eigenvalue weighted by Crippen LogP contribution is 2.21. The lowest BCUT2D eigenvalue weighted by molar-refractivity contribution is 0.0302. The van der Waals surface area contributed by atoms with Gasteiger partial charge in [-0.1, -0.05) is 6.07 Å². The van der Waals surface area contributed by atoms with E-state index in [-0.39, 0.29) is 18.6 Å². The van der Waals surface area contributed by atoms with E-state index in [1.54, 1.807) is 13.2 Å². The summed E-state index contributed by atoms with van der Waals surface area (Å²) in [6, 6.07) is 7.46. The summed E-state index contributed by atoms with van der Waals surface area (Å²) in [6.07, 6.45) is 3.10. The van der Waals surface area contributed by atoms with Crippen molar-refractivity contribution in [1.29, 1.82) is 0 Å². The van der Waals surface area contributed by atoms with Gasteiger partial charge in [0.05, 0.1) is 7.11 Å². The second-order valence-electron chi connectivity index (χ2n) is 6.03. The van der Waals surface area contributed by atoms with Gasteiger partial charge < -0.3 is 23.5 Å². The van der Waals surface area contributed by atoms with Crippen molar-refractivity contribution in [3.8, 4) is 11.5 Å². The Morgan fingerprint density at radius 3 is 2.81 bits per heavy atom. The van der Waals surface area contributed by atoms with Crippen molar-refractivity contribution in [2.45, 2.75) is 32.4 Å². The molecule has 2 aromatic rings. The largest absolute Gasteiger partial charge is 0.497 e. The first-order valence-electron chi connectivity index (χ1n) is 8.81. The molecule has 0 N–H and O–H groups in total. The first kappa shape index (κ1) is 18.3. The molecule has 3 rings (SSSR count). The molecule has 26 heavy (non-hydrogen) atoms. The van der Waals surface area contributed by atoms with Gasteiger partial charge in [-0.2, -0.15) is 0 Å². The molecule has 0 saturated carbocycles. The average Bonchev–Trinajstić information content (AvgIpc) is 3.17. The number of hydrogen-bond donors (Lipinski definition) is 0. The molecule has 1 fully saturated rings. The zero-order chi connectivity index (χ0) is 18.4. The van der Waals surface area contributed by atoms with Gasteiger partial charge in [-0.05, 0) is 31.9 Å². The summed E-state index contributed by atoms with van der Waals surface area (Å²) in [5.74, 6) is 1.60. The summed E-state index contributed by atoms with van der Waals surface area (Å²) < 4.78 is 21.6. The molecule has 1 aliphatic rings. The highest BCUT2D eigenvalue weighted by Gasteiger charge is 2.27. The topological polar surface area (TPSA) is 74.0 Å². The van der Waals surface area contributed by atoms with Crippen LogP contribution in [-0.2, 0) is 11.3 Å². The Morgan fingerprint density at radius 1 is 1.31 bits per heavy atom. The van der Waals surface area contributed by atoms with Crippen molar-refractivity contribution in [3.63, 3.8) is 0 Å². The van der Waals surface area contributed by atoms with Crippen LogP contribution in [-0.4, -0.2) is 48.7 Å². The maximum Gasteiger partial charge on any atom is 0.276 e. The molecule has 0 bridgehead atoms. The quantitative estimate of drug-likeness (QED) is 0.756. The Labute approximate surface area is 152 Å². The molecular weight excluding hydrogens is 336 g/mol. The lowest BCUT2D eigenvalue weighted by Gasteiger charge is -2.32. The number of hydrogen-bond acceptors (Lipinski definition) is 6. The third-order valence-electron chi connectivity index (χ3n) is 4.41. The van der Waals surface area contributed by atoms with Crippen LogP contribution in [0.3, 0.4) is 0 Å². The summed E-state index contributed by atoms with van der Waals surface area (Å²) in [5, 5.41) is 0. The van der Waals surface area contributed by atoms with Crippen molar-refractivity contribution in [2.24, 2.45) is 0 Å². The molecule has 0 aliphatic carbocycles. The number of nitrogens with zero attached hydrogens (tertiary/aromatic N) is 2. The van der Waals surface area contributed by atoms with E-state index in [1.807, 2.05) is 30.0 Å². The number of carbonyl (C=O) groups excluding carboxylic acids is 1. The fourth-order valence-electron chi connectivity index (χ4n) is 3.02. The molecule has 7 heteroatoms. The summed E-state index contributed by atoms with van der Waals surface area (Å²) in [7, 11) is 1.60. The van der Waals surface area contributed by atoms with Crippen LogP contribution in [0.4, 0.5) is 0 Å². The standard InChI is InChI=1S/C19H24N2O5/c1-3-21(14-7-9-24-10-8-14)19(22)17-12-26-18(20-17)13-25-16-6-4-5-15(11-16)23-2/h4-6,11-12,14H,3,7-10,13H2,1-2H3. The monoisotopic (exact) mass is 360 g/mol. The Morgan fingerprint density at radius 2 is 2.08 bits per heavy atom. The lowest BCUT2D eigenvalue weighted by Crippen LogP contribution is -2.43. The number of oxazole rings is 1. The van der Waals surface area contributed by atoms with E-state index in [0.29, 0.717) is 42.8 Å². The third kappa shape index (κ3) is 4.35. The number of aromatic nitrogens is 1. The van der Waals surface area contributed by atoms with Crippen molar-refractivity contribution >= 4 is 5.91 Å². The highest BCUT2D eigenvalue weighted by molar-refractivity contribution is 5.92. The molecule has 1 aromatic heterocycles. The van der Waals surface area contributed by atoms with Crippen molar-refractivity contribution in [2.75, 3.05) is 26.9 Å². The number of carbonyl (C=O) groups is 1. The molecule has 2 heterocycles. The first-order valence-corrected chi connectivity index (χ1v) is 8.81. The minimum atomic E-state index is -0.115. The summed E-state index contributed by atoms with van der Waals surface area (Å²) in [5.41, 5.74) is 0.308. The maximum absolute atomic E-state index is 12.8. The van der Waals surface area contributed by atoms with Gasteiger partial charge in [-0.25, -0.2) is 4.98 Å².